The van der Waals surface area contributed by atoms with E-state index >= 15 is 0 Å². The van der Waals surface area contributed by atoms with Crippen LogP contribution in [0.2, 0.25) is 8.67 Å². The number of carbonyl (C=O) groups is 1. The molecule has 0 radical (unpaired) electrons. The van der Waals surface area contributed by atoms with Gasteiger partial charge in [0.15, 0.2) is 0 Å². The molecule has 10 heteroatoms. The van der Waals surface area contributed by atoms with E-state index in [1.54, 1.807) is 12.1 Å². The highest BCUT2D eigenvalue weighted by atomic mass is 35.5. The van der Waals surface area contributed by atoms with Crippen LogP contribution in [0, 0.1) is 0 Å². The summed E-state index contributed by atoms with van der Waals surface area (Å²) in [5, 5.41) is 18.6. The number of thiophene rings is 1. The minimum Gasteiger partial charge on any atom is -0.507 e. The van der Waals surface area contributed by atoms with Crippen molar-refractivity contribution in [3.63, 3.8) is 0 Å². The zero-order valence-corrected chi connectivity index (χ0v) is 16.0. The number of phenols is 1. The summed E-state index contributed by atoms with van der Waals surface area (Å²) < 4.78 is 14.1. The molecule has 0 fully saturated rings. The number of halogens is 2. The Morgan fingerprint density at radius 2 is 2.04 bits per heavy atom. The second kappa shape index (κ2) is 10.1. The maximum absolute atomic E-state index is 11.9. The maximum Gasteiger partial charge on any atom is 0.341 e. The Bertz CT molecular complexity index is 726. The molecule has 0 amide bonds. The van der Waals surface area contributed by atoms with E-state index in [0.717, 1.165) is 4.90 Å². The first-order chi connectivity index (χ1) is 12.0. The largest absolute Gasteiger partial charge is 0.507 e. The van der Waals surface area contributed by atoms with E-state index in [4.69, 9.17) is 37.8 Å². The number of hydrogen-bond donors (Lipinski definition) is 3. The highest BCUT2D eigenvalue weighted by molar-refractivity contribution is 8.00. The highest BCUT2D eigenvalue weighted by Gasteiger charge is 2.14. The van der Waals surface area contributed by atoms with Gasteiger partial charge >= 0.3 is 5.97 Å². The first-order valence-electron chi connectivity index (χ1n) is 7.07. The number of benzene rings is 1. The average Bonchev–Trinajstić information content (AvgIpc) is 2.90. The van der Waals surface area contributed by atoms with E-state index in [-0.39, 0.29) is 37.7 Å². The molecule has 0 saturated carbocycles. The van der Waals surface area contributed by atoms with Crippen LogP contribution in [0.25, 0.3) is 0 Å². The van der Waals surface area contributed by atoms with E-state index < -0.39 is 5.97 Å². The van der Waals surface area contributed by atoms with Crippen molar-refractivity contribution in [2.75, 3.05) is 31.1 Å². The van der Waals surface area contributed by atoms with Gasteiger partial charge in [-0.15, -0.1) is 11.3 Å². The van der Waals surface area contributed by atoms with Crippen molar-refractivity contribution < 1.29 is 24.5 Å². The predicted molar refractivity (Wildman–Crippen MR) is 100 cm³/mol. The van der Waals surface area contributed by atoms with Crippen molar-refractivity contribution >= 4 is 58.1 Å². The predicted octanol–water partition coefficient (Wildman–Crippen LogP) is 4.05. The minimum atomic E-state index is -0.656. The van der Waals surface area contributed by atoms with Crippen molar-refractivity contribution in [1.29, 1.82) is 0 Å². The number of esters is 1. The van der Waals surface area contributed by atoms with Gasteiger partial charge in [0.05, 0.1) is 29.1 Å². The molecule has 0 aliphatic rings. The van der Waals surface area contributed by atoms with Gasteiger partial charge in [0.1, 0.15) is 22.3 Å². The van der Waals surface area contributed by atoms with Crippen LogP contribution in [0.5, 0.6) is 5.75 Å². The van der Waals surface area contributed by atoms with Gasteiger partial charge in [-0.05, 0) is 30.1 Å². The van der Waals surface area contributed by atoms with Crippen LogP contribution in [0.4, 0.5) is 5.69 Å². The van der Waals surface area contributed by atoms with Gasteiger partial charge in [-0.1, -0.05) is 23.2 Å². The first-order valence-corrected chi connectivity index (χ1v) is 9.46. The van der Waals surface area contributed by atoms with Crippen molar-refractivity contribution in [2.45, 2.75) is 4.90 Å². The van der Waals surface area contributed by atoms with Gasteiger partial charge < -0.3 is 24.4 Å². The lowest BCUT2D eigenvalue weighted by Gasteiger charge is -2.09. The van der Waals surface area contributed by atoms with Crippen LogP contribution in [0.15, 0.2) is 29.2 Å². The summed E-state index contributed by atoms with van der Waals surface area (Å²) in [6.07, 6.45) is 0. The van der Waals surface area contributed by atoms with E-state index in [1.807, 2.05) is 0 Å². The normalized spacial score (nSPS) is 10.7. The fourth-order valence-corrected chi connectivity index (χ4v) is 4.10. The summed E-state index contributed by atoms with van der Waals surface area (Å²) in [7, 11) is 0. The highest BCUT2D eigenvalue weighted by Crippen LogP contribution is 2.38. The van der Waals surface area contributed by atoms with E-state index in [0.29, 0.717) is 14.4 Å². The Balaban J connectivity index is 1.89. The second-order valence-electron chi connectivity index (χ2n) is 4.60. The molecule has 0 bridgehead atoms. The standard InChI is InChI=1S/C15H15Cl2NO5S2/c16-13-8-12(14(17)24-13)25-18-9-1-2-10(11(20)7-9)15(21)23-6-5-22-4-3-19/h1-2,7-8,18-20H,3-6H2. The Morgan fingerprint density at radius 1 is 1.24 bits per heavy atom. The minimum absolute atomic E-state index is 0.0333. The summed E-state index contributed by atoms with van der Waals surface area (Å²) in [5.41, 5.74) is 0.637. The number of anilines is 1. The zero-order chi connectivity index (χ0) is 18.2. The van der Waals surface area contributed by atoms with Crippen LogP contribution in [0.1, 0.15) is 10.4 Å². The Labute approximate surface area is 162 Å². The molecule has 1 aromatic heterocycles. The van der Waals surface area contributed by atoms with Crippen molar-refractivity contribution in [2.24, 2.45) is 0 Å². The molecule has 0 aliphatic heterocycles. The third-order valence-electron chi connectivity index (χ3n) is 2.82. The number of ether oxygens (including phenoxy) is 2. The molecule has 2 rings (SSSR count). The molecule has 3 N–H and O–H groups in total. The lowest BCUT2D eigenvalue weighted by Crippen LogP contribution is -2.12. The monoisotopic (exact) mass is 423 g/mol. The van der Waals surface area contributed by atoms with Gasteiger partial charge in [-0.3, -0.25) is 0 Å². The number of carbonyl (C=O) groups excluding carboxylic acids is 1. The lowest BCUT2D eigenvalue weighted by molar-refractivity contribution is 0.0256. The molecular formula is C15H15Cl2NO5S2. The number of phenolic OH excluding ortho intramolecular Hbond substituents is 1. The third-order valence-corrected chi connectivity index (χ3v) is 5.43. The Hall–Kier alpha value is -1.16. The van der Waals surface area contributed by atoms with Gasteiger partial charge in [0, 0.05) is 11.8 Å². The molecule has 25 heavy (non-hydrogen) atoms. The number of hydrogen-bond acceptors (Lipinski definition) is 8. The fraction of sp³-hybridized carbons (Fsp3) is 0.267. The van der Waals surface area contributed by atoms with E-state index in [9.17, 15) is 9.90 Å². The van der Waals surface area contributed by atoms with E-state index in [2.05, 4.69) is 4.72 Å². The fourth-order valence-electron chi connectivity index (χ4n) is 1.71. The van der Waals surface area contributed by atoms with Crippen LogP contribution >= 0.6 is 46.5 Å². The molecule has 6 nitrogen and oxygen atoms in total. The Kier molecular flexibility index (Phi) is 8.14. The molecule has 136 valence electrons. The Morgan fingerprint density at radius 3 is 2.68 bits per heavy atom. The summed E-state index contributed by atoms with van der Waals surface area (Å²) in [5.74, 6) is -0.863. The van der Waals surface area contributed by atoms with Crippen LogP contribution in [0.3, 0.4) is 0 Å². The smallest absolute Gasteiger partial charge is 0.341 e. The molecule has 0 spiro atoms. The van der Waals surface area contributed by atoms with Crippen molar-refractivity contribution in [3.8, 4) is 5.75 Å². The average molecular weight is 424 g/mol. The third kappa shape index (κ3) is 6.25. The molecule has 0 atom stereocenters. The van der Waals surface area contributed by atoms with Gasteiger partial charge in [-0.25, -0.2) is 4.79 Å². The van der Waals surface area contributed by atoms with Gasteiger partial charge in [0.25, 0.3) is 0 Å². The second-order valence-corrected chi connectivity index (χ2v) is 7.73. The zero-order valence-electron chi connectivity index (χ0n) is 12.8. The number of aliphatic hydroxyl groups excluding tert-OH is 1. The van der Waals surface area contributed by atoms with Crippen LogP contribution in [-0.4, -0.2) is 42.6 Å². The van der Waals surface area contributed by atoms with Gasteiger partial charge in [-0.2, -0.15) is 0 Å². The summed E-state index contributed by atoms with van der Waals surface area (Å²) in [4.78, 5) is 12.7. The first kappa shape index (κ1) is 20.2. The maximum atomic E-state index is 11.9. The molecule has 0 aliphatic carbocycles. The number of rotatable bonds is 9. The molecular weight excluding hydrogens is 409 g/mol. The van der Waals surface area contributed by atoms with Crippen LogP contribution < -0.4 is 4.72 Å². The van der Waals surface area contributed by atoms with Gasteiger partial charge in [0.2, 0.25) is 0 Å². The number of nitrogens with one attached hydrogen (secondary N) is 1. The molecule has 2 aromatic rings. The number of aliphatic hydroxyl groups is 1. The summed E-state index contributed by atoms with van der Waals surface area (Å²) in [6, 6.07) is 6.23. The topological polar surface area (TPSA) is 88.0 Å². The quantitative estimate of drug-likeness (QED) is 0.318. The van der Waals surface area contributed by atoms with Crippen molar-refractivity contribution in [3.05, 3.63) is 38.5 Å². The van der Waals surface area contributed by atoms with E-state index in [1.165, 1.54) is 35.4 Å². The summed E-state index contributed by atoms with van der Waals surface area (Å²) in [6.45, 7) is 0.295. The molecule has 1 heterocycles. The number of aromatic hydroxyl groups is 1. The summed E-state index contributed by atoms with van der Waals surface area (Å²) >= 11 is 14.4. The molecule has 1 aromatic carbocycles. The molecule has 0 saturated heterocycles. The van der Waals surface area contributed by atoms with Crippen LogP contribution in [-0.2, 0) is 9.47 Å². The lowest BCUT2D eigenvalue weighted by atomic mass is 10.2. The van der Waals surface area contributed by atoms with Crippen molar-refractivity contribution in [1.82, 2.24) is 0 Å². The SMILES string of the molecule is O=C(OCCOCCO)c1ccc(NSc2cc(Cl)sc2Cl)cc1O. The molecule has 0 unspecified atom stereocenters.